The van der Waals surface area contributed by atoms with Crippen LogP contribution in [0, 0.1) is 0 Å². The average molecular weight is 378 g/mol. The van der Waals surface area contributed by atoms with E-state index in [-0.39, 0.29) is 43.1 Å². The summed E-state index contributed by atoms with van der Waals surface area (Å²) in [5, 5.41) is 61.2. The van der Waals surface area contributed by atoms with E-state index in [0.29, 0.717) is 0 Å². The number of phenolic OH excluding ortho intramolecular Hbond substituents is 6. The lowest BCUT2D eigenvalue weighted by atomic mass is 9.87. The van der Waals surface area contributed by atoms with E-state index < -0.39 is 45.4 Å². The molecule has 0 bridgehead atoms. The summed E-state index contributed by atoms with van der Waals surface area (Å²) in [7, 11) is 0. The van der Waals surface area contributed by atoms with Crippen molar-refractivity contribution in [3.05, 3.63) is 44.7 Å². The number of benzene rings is 5. The molecule has 0 unspecified atom stereocenters. The van der Waals surface area contributed by atoms with E-state index in [1.54, 1.807) is 0 Å². The average Bonchev–Trinajstić information content (AvgIpc) is 2.58. The number of hydrogen-bond donors (Lipinski definition) is 6. The molecule has 5 aromatic carbocycles. The highest BCUT2D eigenvalue weighted by Gasteiger charge is 2.27. The molecular formula is C20H10O8. The predicted octanol–water partition coefficient (Wildman–Crippen LogP) is 2.13. The highest BCUT2D eigenvalue weighted by atomic mass is 16.3. The third-order valence-corrected chi connectivity index (χ3v) is 5.11. The maximum atomic E-state index is 12.4. The van der Waals surface area contributed by atoms with Crippen molar-refractivity contribution in [1.29, 1.82) is 0 Å². The van der Waals surface area contributed by atoms with Crippen molar-refractivity contribution < 1.29 is 30.6 Å². The first-order valence-electron chi connectivity index (χ1n) is 8.06. The Balaban J connectivity index is 2.42. The molecule has 8 heteroatoms. The Morgan fingerprint density at radius 3 is 0.929 bits per heavy atom. The fourth-order valence-electron chi connectivity index (χ4n) is 4.11. The molecule has 0 aliphatic rings. The number of rotatable bonds is 0. The lowest BCUT2D eigenvalue weighted by Crippen LogP contribution is -2.04. The maximum absolute atomic E-state index is 12.4. The van der Waals surface area contributed by atoms with Gasteiger partial charge in [-0.3, -0.25) is 9.59 Å². The predicted molar refractivity (Wildman–Crippen MR) is 101 cm³/mol. The van der Waals surface area contributed by atoms with Gasteiger partial charge in [-0.15, -0.1) is 0 Å². The summed E-state index contributed by atoms with van der Waals surface area (Å²) in [5.41, 5.74) is -1.49. The first-order chi connectivity index (χ1) is 13.2. The molecular weight excluding hydrogens is 368 g/mol. The van der Waals surface area contributed by atoms with E-state index in [1.807, 2.05) is 0 Å². The van der Waals surface area contributed by atoms with Gasteiger partial charge in [0.25, 0.3) is 0 Å². The molecule has 28 heavy (non-hydrogen) atoms. The molecule has 138 valence electrons. The molecule has 0 amide bonds. The highest BCUT2D eigenvalue weighted by molar-refractivity contribution is 6.38. The van der Waals surface area contributed by atoms with Crippen LogP contribution in [0.2, 0.25) is 0 Å². The second-order valence-electron chi connectivity index (χ2n) is 6.62. The Labute approximate surface area is 153 Å². The van der Waals surface area contributed by atoms with Crippen LogP contribution >= 0.6 is 0 Å². The van der Waals surface area contributed by atoms with Gasteiger partial charge in [0.2, 0.25) is 0 Å². The molecule has 0 atom stereocenters. The van der Waals surface area contributed by atoms with Gasteiger partial charge in [-0.25, -0.2) is 0 Å². The van der Waals surface area contributed by atoms with Gasteiger partial charge in [-0.05, 0) is 0 Å². The normalized spacial score (nSPS) is 12.0. The van der Waals surface area contributed by atoms with Crippen LogP contribution in [0.3, 0.4) is 0 Å². The van der Waals surface area contributed by atoms with E-state index >= 15 is 0 Å². The maximum Gasteiger partial charge on any atom is 0.193 e. The van der Waals surface area contributed by atoms with E-state index in [0.717, 1.165) is 24.3 Å². The highest BCUT2D eigenvalue weighted by Crippen LogP contribution is 2.52. The summed E-state index contributed by atoms with van der Waals surface area (Å²) >= 11 is 0. The quantitative estimate of drug-likeness (QED) is 0.177. The van der Waals surface area contributed by atoms with Gasteiger partial charge < -0.3 is 30.6 Å². The van der Waals surface area contributed by atoms with Crippen molar-refractivity contribution >= 4 is 43.1 Å². The number of fused-ring (bicyclic) bond motifs is 2. The van der Waals surface area contributed by atoms with Crippen molar-refractivity contribution in [3.8, 4) is 34.5 Å². The molecule has 0 aliphatic carbocycles. The van der Waals surface area contributed by atoms with Crippen LogP contribution < -0.4 is 10.9 Å². The smallest absolute Gasteiger partial charge is 0.193 e. The van der Waals surface area contributed by atoms with Crippen molar-refractivity contribution in [1.82, 2.24) is 0 Å². The summed E-state index contributed by atoms with van der Waals surface area (Å²) < 4.78 is 0. The van der Waals surface area contributed by atoms with Gasteiger partial charge in [0, 0.05) is 56.6 Å². The molecule has 6 N–H and O–H groups in total. The zero-order valence-corrected chi connectivity index (χ0v) is 13.8. The van der Waals surface area contributed by atoms with Crippen molar-refractivity contribution in [2.24, 2.45) is 0 Å². The number of hydrogen-bond acceptors (Lipinski definition) is 8. The van der Waals surface area contributed by atoms with Gasteiger partial charge in [0.15, 0.2) is 10.9 Å². The summed E-state index contributed by atoms with van der Waals surface area (Å²) in [6, 6.07) is 3.48. The Kier molecular flexibility index (Phi) is 2.71. The second kappa shape index (κ2) is 4.74. The Bertz CT molecular complexity index is 1460. The third-order valence-electron chi connectivity index (χ3n) is 5.11. The van der Waals surface area contributed by atoms with Gasteiger partial charge >= 0.3 is 0 Å². The fraction of sp³-hybridized carbons (Fsp3) is 0. The second-order valence-corrected chi connectivity index (χ2v) is 6.62. The number of aromatic hydroxyl groups is 6. The van der Waals surface area contributed by atoms with Crippen LogP contribution in [0.5, 0.6) is 34.5 Å². The van der Waals surface area contributed by atoms with Crippen molar-refractivity contribution in [2.75, 3.05) is 0 Å². The minimum atomic E-state index is -0.743. The molecule has 0 spiro atoms. The standard InChI is InChI=1S/C20H10O8/c21-5-1-9(25)15-16-10(26)3-7(23)14-8(24)4-12(28)18(20(14)16)17-11(27)2-6(22)13(5)19(15)17/h1-4,21,23,25-28H. The van der Waals surface area contributed by atoms with E-state index in [1.165, 1.54) is 0 Å². The van der Waals surface area contributed by atoms with Crippen LogP contribution in [0.25, 0.3) is 43.1 Å². The zero-order chi connectivity index (χ0) is 20.1. The van der Waals surface area contributed by atoms with Crippen molar-refractivity contribution in [3.63, 3.8) is 0 Å². The molecule has 8 nitrogen and oxygen atoms in total. The van der Waals surface area contributed by atoms with E-state index in [9.17, 15) is 40.2 Å². The molecule has 0 heterocycles. The minimum absolute atomic E-state index is 0.0914. The fourth-order valence-corrected chi connectivity index (χ4v) is 4.11. The summed E-state index contributed by atoms with van der Waals surface area (Å²) in [6.45, 7) is 0. The molecule has 0 aliphatic heterocycles. The SMILES string of the molecule is O=c1cc(O)c2c3c(O)cc(=O)c4c(O)cc(O)c(c5c(O)cc(O)c1c52)c43. The van der Waals surface area contributed by atoms with Gasteiger partial charge in [-0.1, -0.05) is 0 Å². The Morgan fingerprint density at radius 1 is 0.357 bits per heavy atom. The topological polar surface area (TPSA) is 156 Å². The first kappa shape index (κ1) is 16.0. The minimum Gasteiger partial charge on any atom is -0.507 e. The van der Waals surface area contributed by atoms with Crippen LogP contribution in [-0.2, 0) is 0 Å². The van der Waals surface area contributed by atoms with Crippen molar-refractivity contribution in [2.45, 2.75) is 0 Å². The van der Waals surface area contributed by atoms with Gasteiger partial charge in [0.05, 0.1) is 10.8 Å². The van der Waals surface area contributed by atoms with Gasteiger partial charge in [0.1, 0.15) is 34.5 Å². The number of phenols is 6. The summed E-state index contributed by atoms with van der Waals surface area (Å²) in [4.78, 5) is 24.8. The van der Waals surface area contributed by atoms with Crippen LogP contribution in [-0.4, -0.2) is 30.6 Å². The zero-order valence-electron chi connectivity index (χ0n) is 13.8. The lowest BCUT2D eigenvalue weighted by molar-refractivity contribution is 0.454. The summed E-state index contributed by atoms with van der Waals surface area (Å²) in [5.74, 6) is -3.29. The molecule has 0 saturated heterocycles. The molecule has 5 aromatic rings. The van der Waals surface area contributed by atoms with Crippen LogP contribution in [0.1, 0.15) is 0 Å². The largest absolute Gasteiger partial charge is 0.507 e. The van der Waals surface area contributed by atoms with Crippen LogP contribution in [0.4, 0.5) is 0 Å². The molecule has 0 saturated carbocycles. The van der Waals surface area contributed by atoms with Gasteiger partial charge in [-0.2, -0.15) is 0 Å². The molecule has 5 rings (SSSR count). The molecule has 0 radical (unpaired) electrons. The Hall–Kier alpha value is -4.20. The summed E-state index contributed by atoms with van der Waals surface area (Å²) in [6.07, 6.45) is 0. The third kappa shape index (κ3) is 1.64. The lowest BCUT2D eigenvalue weighted by Gasteiger charge is -2.18. The molecule has 0 fully saturated rings. The Morgan fingerprint density at radius 2 is 0.607 bits per heavy atom. The van der Waals surface area contributed by atoms with Crippen LogP contribution in [0.15, 0.2) is 33.9 Å². The first-order valence-corrected chi connectivity index (χ1v) is 8.06. The monoisotopic (exact) mass is 378 g/mol. The van der Waals surface area contributed by atoms with E-state index in [4.69, 9.17) is 0 Å². The van der Waals surface area contributed by atoms with E-state index in [2.05, 4.69) is 0 Å². The molecule has 0 aromatic heterocycles.